The van der Waals surface area contributed by atoms with E-state index in [2.05, 4.69) is 40.7 Å². The standard InChI is InChI=1S/C35H30FN9O/c1-45(2)13-12-38-25-15-22(14-24(36)17-25)27-10-11-39-34-28(27)18-31(42-34)33-32-30(43-44-33)9-8-29(41-32)23-16-26(20-37-19-23)40-35(46)21-6-4-3-5-7-21/h3-11,14-20,38H,12-13H2,1-2H3,(H,39,42)(H,40,46)(H,43,44). The van der Waals surface area contributed by atoms with Crippen molar-refractivity contribution in [3.8, 4) is 33.8 Å². The SMILES string of the molecule is CN(C)CCNc1cc(F)cc(-c2ccnc3[nH]c(-c4n[nH]c5ccc(-c6cncc(NC(=O)c7ccccc7)c6)nc45)cc23)c1. The Kier molecular flexibility index (Phi) is 7.65. The van der Waals surface area contributed by atoms with Gasteiger partial charge in [-0.25, -0.2) is 14.4 Å². The van der Waals surface area contributed by atoms with Crippen LogP contribution in [0.4, 0.5) is 15.8 Å². The molecule has 0 aliphatic heterocycles. The number of likely N-dealkylation sites (N-methyl/N-ethyl adjacent to an activating group) is 1. The fourth-order valence-corrected chi connectivity index (χ4v) is 5.37. The first-order valence-electron chi connectivity index (χ1n) is 14.8. The first-order valence-corrected chi connectivity index (χ1v) is 14.8. The molecule has 0 radical (unpaired) electrons. The van der Waals surface area contributed by atoms with Crippen molar-refractivity contribution >= 4 is 39.3 Å². The van der Waals surface area contributed by atoms with Gasteiger partial charge in [0.1, 0.15) is 22.7 Å². The number of fused-ring (bicyclic) bond motifs is 2. The Morgan fingerprint density at radius 3 is 2.63 bits per heavy atom. The quantitative estimate of drug-likeness (QED) is 0.145. The van der Waals surface area contributed by atoms with Crippen LogP contribution in [0.2, 0.25) is 0 Å². The highest BCUT2D eigenvalue weighted by atomic mass is 19.1. The zero-order chi connectivity index (χ0) is 31.6. The Labute approximate surface area is 263 Å². The zero-order valence-electron chi connectivity index (χ0n) is 25.2. The number of aromatic nitrogens is 6. The summed E-state index contributed by atoms with van der Waals surface area (Å²) in [5, 5.41) is 14.7. The first kappa shape index (κ1) is 28.8. The largest absolute Gasteiger partial charge is 0.384 e. The summed E-state index contributed by atoms with van der Waals surface area (Å²) in [6.07, 6.45) is 5.01. The van der Waals surface area contributed by atoms with Gasteiger partial charge in [0.15, 0.2) is 0 Å². The molecule has 0 aliphatic carbocycles. The second-order valence-electron chi connectivity index (χ2n) is 11.2. The highest BCUT2D eigenvalue weighted by Crippen LogP contribution is 2.34. The molecule has 1 amide bonds. The molecule has 0 spiro atoms. The minimum absolute atomic E-state index is 0.220. The summed E-state index contributed by atoms with van der Waals surface area (Å²) in [5.41, 5.74) is 8.21. The molecule has 5 aromatic heterocycles. The molecule has 228 valence electrons. The van der Waals surface area contributed by atoms with Crippen molar-refractivity contribution in [2.24, 2.45) is 0 Å². The molecule has 7 aromatic rings. The lowest BCUT2D eigenvalue weighted by atomic mass is 10.0. The number of H-pyrrole nitrogens is 2. The number of amides is 1. The number of anilines is 2. The summed E-state index contributed by atoms with van der Waals surface area (Å²) in [5.74, 6) is -0.541. The molecule has 4 N–H and O–H groups in total. The number of nitrogens with one attached hydrogen (secondary N) is 4. The second-order valence-corrected chi connectivity index (χ2v) is 11.2. The van der Waals surface area contributed by atoms with Crippen LogP contribution in [0.25, 0.3) is 55.8 Å². The van der Waals surface area contributed by atoms with Crippen molar-refractivity contribution in [3.05, 3.63) is 109 Å². The Balaban J connectivity index is 1.21. The van der Waals surface area contributed by atoms with Crippen LogP contribution >= 0.6 is 0 Å². The van der Waals surface area contributed by atoms with Crippen molar-refractivity contribution in [2.75, 3.05) is 37.8 Å². The van der Waals surface area contributed by atoms with Gasteiger partial charge in [-0.2, -0.15) is 5.10 Å². The van der Waals surface area contributed by atoms with Crippen LogP contribution in [0.5, 0.6) is 0 Å². The number of aromatic amines is 2. The van der Waals surface area contributed by atoms with Gasteiger partial charge in [0.05, 0.1) is 28.8 Å². The highest BCUT2D eigenvalue weighted by Gasteiger charge is 2.17. The number of rotatable bonds is 9. The van der Waals surface area contributed by atoms with Crippen molar-refractivity contribution in [1.29, 1.82) is 0 Å². The third-order valence-corrected chi connectivity index (χ3v) is 7.62. The van der Waals surface area contributed by atoms with Gasteiger partial charge in [-0.1, -0.05) is 18.2 Å². The number of carbonyl (C=O) groups is 1. The number of halogens is 1. The van der Waals surface area contributed by atoms with E-state index in [-0.39, 0.29) is 11.7 Å². The second kappa shape index (κ2) is 12.2. The minimum Gasteiger partial charge on any atom is -0.384 e. The summed E-state index contributed by atoms with van der Waals surface area (Å²) in [6.45, 7) is 1.52. The van der Waals surface area contributed by atoms with Crippen molar-refractivity contribution in [3.63, 3.8) is 0 Å². The van der Waals surface area contributed by atoms with Crippen LogP contribution in [0, 0.1) is 5.82 Å². The lowest BCUT2D eigenvalue weighted by Crippen LogP contribution is -2.20. The number of hydrogen-bond donors (Lipinski definition) is 4. The smallest absolute Gasteiger partial charge is 0.255 e. The van der Waals surface area contributed by atoms with E-state index in [1.54, 1.807) is 30.7 Å². The molecule has 11 heteroatoms. The maximum absolute atomic E-state index is 14.7. The summed E-state index contributed by atoms with van der Waals surface area (Å²) in [4.78, 5) is 31.9. The predicted octanol–water partition coefficient (Wildman–Crippen LogP) is 6.60. The van der Waals surface area contributed by atoms with Gasteiger partial charge >= 0.3 is 0 Å². The average Bonchev–Trinajstić information content (AvgIpc) is 3.69. The van der Waals surface area contributed by atoms with E-state index in [4.69, 9.17) is 4.98 Å². The van der Waals surface area contributed by atoms with E-state index in [9.17, 15) is 9.18 Å². The molecule has 0 unspecified atom stereocenters. The third-order valence-electron chi connectivity index (χ3n) is 7.62. The van der Waals surface area contributed by atoms with Crippen LogP contribution in [-0.4, -0.2) is 68.1 Å². The van der Waals surface area contributed by atoms with Gasteiger partial charge in [-0.3, -0.25) is 14.9 Å². The van der Waals surface area contributed by atoms with E-state index in [0.29, 0.717) is 51.7 Å². The van der Waals surface area contributed by atoms with Crippen LogP contribution in [0.1, 0.15) is 10.4 Å². The molecular weight excluding hydrogens is 581 g/mol. The number of benzene rings is 2. The number of pyridine rings is 3. The van der Waals surface area contributed by atoms with Gasteiger partial charge < -0.3 is 20.5 Å². The van der Waals surface area contributed by atoms with E-state index in [1.165, 1.54) is 12.1 Å². The average molecular weight is 612 g/mol. The van der Waals surface area contributed by atoms with Gasteiger partial charge in [0, 0.05) is 47.7 Å². The number of carbonyl (C=O) groups excluding carboxylic acids is 1. The molecule has 0 aliphatic rings. The fraction of sp³-hybridized carbons (Fsp3) is 0.114. The molecule has 2 aromatic carbocycles. The highest BCUT2D eigenvalue weighted by molar-refractivity contribution is 6.04. The zero-order valence-corrected chi connectivity index (χ0v) is 25.2. The fourth-order valence-electron chi connectivity index (χ4n) is 5.37. The van der Waals surface area contributed by atoms with Gasteiger partial charge in [-0.05, 0) is 85.9 Å². The molecule has 46 heavy (non-hydrogen) atoms. The van der Waals surface area contributed by atoms with Gasteiger partial charge in [-0.15, -0.1) is 0 Å². The summed E-state index contributed by atoms with van der Waals surface area (Å²) < 4.78 is 14.7. The van der Waals surface area contributed by atoms with E-state index < -0.39 is 0 Å². The lowest BCUT2D eigenvalue weighted by molar-refractivity contribution is 0.102. The molecule has 0 bridgehead atoms. The van der Waals surface area contributed by atoms with E-state index >= 15 is 0 Å². The first-order chi connectivity index (χ1) is 22.4. The maximum atomic E-state index is 14.7. The normalized spacial score (nSPS) is 11.4. The third kappa shape index (κ3) is 5.91. The molecule has 0 saturated carbocycles. The van der Waals surface area contributed by atoms with Gasteiger partial charge in [0.25, 0.3) is 5.91 Å². The van der Waals surface area contributed by atoms with Crippen LogP contribution in [-0.2, 0) is 0 Å². The lowest BCUT2D eigenvalue weighted by Gasteiger charge is -2.13. The van der Waals surface area contributed by atoms with E-state index in [0.717, 1.165) is 34.1 Å². The molecule has 7 rings (SSSR count). The summed E-state index contributed by atoms with van der Waals surface area (Å²) in [7, 11) is 4.00. The topological polar surface area (TPSA) is 128 Å². The van der Waals surface area contributed by atoms with Crippen molar-refractivity contribution < 1.29 is 9.18 Å². The minimum atomic E-state index is -0.321. The summed E-state index contributed by atoms with van der Waals surface area (Å²) >= 11 is 0. The number of hydrogen-bond acceptors (Lipinski definition) is 7. The molecule has 10 nitrogen and oxygen atoms in total. The molecule has 5 heterocycles. The van der Waals surface area contributed by atoms with E-state index in [1.807, 2.05) is 68.7 Å². The van der Waals surface area contributed by atoms with Crippen LogP contribution in [0.3, 0.4) is 0 Å². The molecular formula is C35H30FN9O. The van der Waals surface area contributed by atoms with Crippen molar-refractivity contribution in [1.82, 2.24) is 35.0 Å². The molecule has 0 atom stereocenters. The van der Waals surface area contributed by atoms with Crippen molar-refractivity contribution in [2.45, 2.75) is 0 Å². The Bertz CT molecular complexity index is 2190. The number of nitrogens with zero attached hydrogens (tertiary/aromatic N) is 5. The monoisotopic (exact) mass is 611 g/mol. The maximum Gasteiger partial charge on any atom is 0.255 e. The van der Waals surface area contributed by atoms with Crippen LogP contribution in [0.15, 0.2) is 97.5 Å². The molecule has 0 saturated heterocycles. The Hall–Kier alpha value is -5.94. The summed E-state index contributed by atoms with van der Waals surface area (Å²) in [6, 6.07) is 23.5. The van der Waals surface area contributed by atoms with Gasteiger partial charge in [0.2, 0.25) is 0 Å². The predicted molar refractivity (Wildman–Crippen MR) is 179 cm³/mol. The Morgan fingerprint density at radius 1 is 0.935 bits per heavy atom. The molecule has 0 fully saturated rings. The Morgan fingerprint density at radius 2 is 1.78 bits per heavy atom. The van der Waals surface area contributed by atoms with Crippen LogP contribution < -0.4 is 10.6 Å².